The van der Waals surface area contributed by atoms with Gasteiger partial charge in [-0.3, -0.25) is 0 Å². The van der Waals surface area contributed by atoms with E-state index in [2.05, 4.69) is 315 Å². The van der Waals surface area contributed by atoms with Crippen molar-refractivity contribution in [3.8, 4) is 22.3 Å². The largest absolute Gasteiger partial charge is 0.311 e. The van der Waals surface area contributed by atoms with E-state index in [1.807, 2.05) is 0 Å². The summed E-state index contributed by atoms with van der Waals surface area (Å²) in [5.41, 5.74) is 19.7. The molecule has 2 heterocycles. The molecule has 10 aromatic carbocycles. The van der Waals surface area contributed by atoms with Crippen molar-refractivity contribution in [2.24, 2.45) is 0 Å². The molecule has 0 N–H and O–H groups in total. The highest BCUT2D eigenvalue weighted by molar-refractivity contribution is 8.34. The van der Waals surface area contributed by atoms with Gasteiger partial charge < -0.3 is 9.80 Å². The van der Waals surface area contributed by atoms with Gasteiger partial charge in [-0.2, -0.15) is 0 Å². The van der Waals surface area contributed by atoms with Crippen molar-refractivity contribution in [1.29, 1.82) is 0 Å². The molecule has 0 saturated carbocycles. The lowest BCUT2D eigenvalue weighted by atomic mass is 9.34. The Hall–Kier alpha value is -7.79. The van der Waals surface area contributed by atoms with Gasteiger partial charge in [0.05, 0.1) is 5.69 Å². The van der Waals surface area contributed by atoms with E-state index in [-0.39, 0.29) is 23.0 Å². The van der Waals surface area contributed by atoms with Crippen LogP contribution in [-0.2, 0) is 16.2 Å². The highest BCUT2D eigenvalue weighted by Crippen LogP contribution is 2.74. The molecular weight excluding hydrogens is 936 g/mol. The van der Waals surface area contributed by atoms with Crippen molar-refractivity contribution in [3.63, 3.8) is 0 Å². The smallest absolute Gasteiger partial charge is 0.249 e. The van der Waals surface area contributed by atoms with Gasteiger partial charge in [-0.25, -0.2) is 0 Å². The average molecular weight is 1000 g/mol. The number of para-hydroxylation sites is 1. The zero-order chi connectivity index (χ0) is 52.6. The first-order chi connectivity index (χ1) is 36.6. The predicted molar refractivity (Wildman–Crippen MR) is 327 cm³/mol. The number of hydrogen-bond donors (Lipinski definition) is 0. The van der Waals surface area contributed by atoms with Crippen molar-refractivity contribution in [3.05, 3.63) is 259 Å². The summed E-state index contributed by atoms with van der Waals surface area (Å²) >= 11 is 0. The first kappa shape index (κ1) is 49.1. The molecule has 0 aliphatic carbocycles. The maximum absolute atomic E-state index is 2.65. The van der Waals surface area contributed by atoms with E-state index in [1.165, 1.54) is 86.3 Å². The molecule has 0 aromatic heterocycles. The highest BCUT2D eigenvalue weighted by Gasteiger charge is 2.50. The van der Waals surface area contributed by atoms with Gasteiger partial charge in [0, 0.05) is 48.7 Å². The van der Waals surface area contributed by atoms with Gasteiger partial charge in [0.2, 0.25) is 6.71 Å². The molecule has 4 heteroatoms. The predicted octanol–water partition coefficient (Wildman–Crippen LogP) is 18.3. The molecule has 0 atom stereocenters. The minimum atomic E-state index is -2.13. The first-order valence-corrected chi connectivity index (χ1v) is 28.7. The van der Waals surface area contributed by atoms with Gasteiger partial charge in [0.25, 0.3) is 0 Å². The molecule has 0 saturated heterocycles. The third-order valence-electron chi connectivity index (χ3n) is 15.8. The topological polar surface area (TPSA) is 6.48 Å². The molecule has 374 valence electrons. The minimum absolute atomic E-state index is 0.0234. The van der Waals surface area contributed by atoms with Crippen molar-refractivity contribution in [2.45, 2.75) is 98.1 Å². The summed E-state index contributed by atoms with van der Waals surface area (Å²) in [6.07, 6.45) is 0. The fourth-order valence-corrected chi connectivity index (χ4v) is 16.2. The number of anilines is 6. The van der Waals surface area contributed by atoms with Crippen LogP contribution in [0.15, 0.2) is 262 Å². The molecule has 2 aliphatic rings. The van der Waals surface area contributed by atoms with Crippen LogP contribution < -0.4 is 26.2 Å². The fraction of sp³-hybridized carbons (Fsp3) is 0.167. The summed E-state index contributed by atoms with van der Waals surface area (Å²) < 4.78 is 0. The quantitative estimate of drug-likeness (QED) is 0.140. The van der Waals surface area contributed by atoms with Gasteiger partial charge in [0.1, 0.15) is 0 Å². The Morgan fingerprint density at radius 2 is 0.829 bits per heavy atom. The SMILES string of the molecule is CC(C)(C)c1ccc(-c2cc3c4c(c2)S(c2ccccc2)(c2ccccc2)c2ccccc2B4c2cc(N(c4ccccc4)c4ccc(C(C)(C)C)cc4)ccc2N3c2ccc(C(C)(C)C)cc2-c2ccccc2)cc1. The Balaban J connectivity index is 1.23. The Labute approximate surface area is 454 Å². The fourth-order valence-electron chi connectivity index (χ4n) is 11.8. The number of nitrogens with zero attached hydrogens (tertiary/aromatic N) is 2. The molecule has 0 unspecified atom stereocenters. The number of benzene rings is 10. The molecule has 0 radical (unpaired) electrons. The van der Waals surface area contributed by atoms with Crippen LogP contribution in [0.1, 0.15) is 79.0 Å². The third kappa shape index (κ3) is 8.39. The summed E-state index contributed by atoms with van der Waals surface area (Å²) in [7, 11) is -2.13. The zero-order valence-electron chi connectivity index (χ0n) is 45.5. The summed E-state index contributed by atoms with van der Waals surface area (Å²) in [5, 5.41) is 0. The van der Waals surface area contributed by atoms with E-state index in [4.69, 9.17) is 0 Å². The van der Waals surface area contributed by atoms with Crippen molar-refractivity contribution < 1.29 is 0 Å². The Morgan fingerprint density at radius 3 is 1.42 bits per heavy atom. The second-order valence-corrected chi connectivity index (χ2v) is 26.9. The molecule has 2 nitrogen and oxygen atoms in total. The average Bonchev–Trinajstić information content (AvgIpc) is 3.32. The van der Waals surface area contributed by atoms with Gasteiger partial charge in [-0.1, -0.05) is 213 Å². The Bertz CT molecular complexity index is 3700. The zero-order valence-corrected chi connectivity index (χ0v) is 46.3. The van der Waals surface area contributed by atoms with Crippen LogP contribution >= 0.6 is 10.0 Å². The molecule has 0 fully saturated rings. The van der Waals surface area contributed by atoms with Gasteiger partial charge >= 0.3 is 0 Å². The maximum atomic E-state index is 2.65. The van der Waals surface area contributed by atoms with E-state index in [9.17, 15) is 0 Å². The van der Waals surface area contributed by atoms with Gasteiger partial charge in [-0.05, 0) is 163 Å². The molecule has 0 spiro atoms. The molecule has 2 aliphatic heterocycles. The molecule has 12 rings (SSSR count). The minimum Gasteiger partial charge on any atom is -0.311 e. The van der Waals surface area contributed by atoms with Crippen LogP contribution in [0.4, 0.5) is 34.1 Å². The number of fused-ring (bicyclic) bond motifs is 4. The van der Waals surface area contributed by atoms with E-state index in [1.54, 1.807) is 0 Å². The monoisotopic (exact) mass is 1000 g/mol. The normalized spacial score (nSPS) is 14.1. The van der Waals surface area contributed by atoms with Crippen LogP contribution in [0.3, 0.4) is 0 Å². The molecule has 10 aromatic rings. The van der Waals surface area contributed by atoms with E-state index < -0.39 is 10.0 Å². The first-order valence-electron chi connectivity index (χ1n) is 27.0. The van der Waals surface area contributed by atoms with Crippen molar-refractivity contribution in [2.75, 3.05) is 9.80 Å². The number of hydrogen-bond acceptors (Lipinski definition) is 2. The molecule has 76 heavy (non-hydrogen) atoms. The Kier molecular flexibility index (Phi) is 12.1. The van der Waals surface area contributed by atoms with E-state index >= 15 is 0 Å². The van der Waals surface area contributed by atoms with Crippen LogP contribution in [0.25, 0.3) is 22.3 Å². The van der Waals surface area contributed by atoms with E-state index in [0.717, 1.165) is 22.7 Å². The van der Waals surface area contributed by atoms with Gasteiger partial charge in [-0.15, -0.1) is 10.0 Å². The molecule has 0 bridgehead atoms. The lowest BCUT2D eigenvalue weighted by Crippen LogP contribution is -2.61. The summed E-state index contributed by atoms with van der Waals surface area (Å²) in [4.78, 5) is 10.5. The summed E-state index contributed by atoms with van der Waals surface area (Å²) in [6, 6.07) is 92.6. The molecular formula is C72H67BN2S. The maximum Gasteiger partial charge on any atom is 0.249 e. The molecule has 0 amide bonds. The lowest BCUT2D eigenvalue weighted by Gasteiger charge is -2.51. The summed E-state index contributed by atoms with van der Waals surface area (Å²) in [5.74, 6) is 0. The van der Waals surface area contributed by atoms with Crippen LogP contribution in [0, 0.1) is 0 Å². The van der Waals surface area contributed by atoms with Crippen LogP contribution in [0.5, 0.6) is 0 Å². The van der Waals surface area contributed by atoms with Crippen LogP contribution in [-0.4, -0.2) is 6.71 Å². The van der Waals surface area contributed by atoms with Crippen molar-refractivity contribution >= 4 is 67.3 Å². The highest BCUT2D eigenvalue weighted by atomic mass is 32.3. The third-order valence-corrected chi connectivity index (χ3v) is 19.8. The second-order valence-electron chi connectivity index (χ2n) is 23.8. The lowest BCUT2D eigenvalue weighted by molar-refractivity contribution is 0.590. The van der Waals surface area contributed by atoms with E-state index in [0.29, 0.717) is 0 Å². The van der Waals surface area contributed by atoms with Gasteiger partial charge in [0.15, 0.2) is 0 Å². The van der Waals surface area contributed by atoms with Crippen LogP contribution in [0.2, 0.25) is 0 Å². The second kappa shape index (κ2) is 18.8. The standard InChI is InChI=1S/C72H67BN2S/c1-70(2,3)53-36-34-50(35-37-53)52-46-66-69-68(47-52)76(59-28-18-12-19-29-59,60-30-20-13-21-31-60)67-33-23-22-32-62(67)73(69)63-49-58(74(56-26-16-11-17-27-56)57-41-38-54(39-42-57)71(4,5)6)43-45-65(63)75(66)64-44-40-55(72(7,8)9)48-61(64)51-24-14-10-15-25-51/h10-49H,1-9H3. The number of rotatable bonds is 8. The Morgan fingerprint density at radius 1 is 0.342 bits per heavy atom. The summed E-state index contributed by atoms with van der Waals surface area (Å²) in [6.45, 7) is 20.7. The van der Waals surface area contributed by atoms with Crippen molar-refractivity contribution in [1.82, 2.24) is 0 Å².